The van der Waals surface area contributed by atoms with Gasteiger partial charge in [0.05, 0.1) is 19.3 Å². The van der Waals surface area contributed by atoms with Gasteiger partial charge < -0.3 is 20.5 Å². The lowest BCUT2D eigenvalue weighted by Gasteiger charge is -2.10. The van der Waals surface area contributed by atoms with Crippen molar-refractivity contribution >= 4 is 27.5 Å². The molecule has 0 saturated heterocycles. The number of carbonyl (C=O) groups is 1. The van der Waals surface area contributed by atoms with Crippen molar-refractivity contribution in [3.8, 4) is 0 Å². The van der Waals surface area contributed by atoms with Crippen LogP contribution >= 0.6 is 15.9 Å². The van der Waals surface area contributed by atoms with Gasteiger partial charge in [-0.05, 0) is 31.2 Å². The zero-order chi connectivity index (χ0) is 14.1. The molecule has 1 unspecified atom stereocenters. The van der Waals surface area contributed by atoms with E-state index in [0.717, 1.165) is 10.2 Å². The van der Waals surface area contributed by atoms with Crippen molar-refractivity contribution in [2.24, 2.45) is 0 Å². The van der Waals surface area contributed by atoms with Crippen LogP contribution in [0.15, 0.2) is 28.7 Å². The zero-order valence-electron chi connectivity index (χ0n) is 10.9. The lowest BCUT2D eigenvalue weighted by atomic mass is 10.2. The molecular weight excluding hydrogens is 312 g/mol. The molecule has 0 heterocycles. The van der Waals surface area contributed by atoms with E-state index in [0.29, 0.717) is 19.6 Å². The number of amides is 1. The summed E-state index contributed by atoms with van der Waals surface area (Å²) >= 11 is 3.34. The number of aliphatic hydroxyl groups excluding tert-OH is 1. The maximum Gasteiger partial charge on any atom is 0.238 e. The van der Waals surface area contributed by atoms with Crippen molar-refractivity contribution in [3.63, 3.8) is 0 Å². The number of ether oxygens (including phenoxy) is 1. The van der Waals surface area contributed by atoms with Crippen molar-refractivity contribution < 1.29 is 14.6 Å². The summed E-state index contributed by atoms with van der Waals surface area (Å²) in [6.45, 7) is 1.09. The molecule has 1 rings (SSSR count). The molecule has 1 atom stereocenters. The highest BCUT2D eigenvalue weighted by Gasteiger charge is 2.05. The summed E-state index contributed by atoms with van der Waals surface area (Å²) in [5, 5.41) is 15.2. The molecule has 0 fully saturated rings. The highest BCUT2D eigenvalue weighted by molar-refractivity contribution is 9.10. The normalized spacial score (nSPS) is 12.2. The van der Waals surface area contributed by atoms with E-state index in [1.54, 1.807) is 7.11 Å². The fraction of sp³-hybridized carbons (Fsp3) is 0.462. The first kappa shape index (κ1) is 16.1. The van der Waals surface area contributed by atoms with Gasteiger partial charge in [-0.25, -0.2) is 0 Å². The zero-order valence-corrected chi connectivity index (χ0v) is 12.4. The number of halogens is 1. The van der Waals surface area contributed by atoms with Gasteiger partial charge in [0.2, 0.25) is 5.91 Å². The minimum absolute atomic E-state index is 0.112. The van der Waals surface area contributed by atoms with E-state index in [4.69, 9.17) is 4.74 Å². The summed E-state index contributed by atoms with van der Waals surface area (Å²) in [6.07, 6.45) is 0.0588. The third-order valence-corrected chi connectivity index (χ3v) is 2.90. The Morgan fingerprint density at radius 1 is 1.53 bits per heavy atom. The molecule has 106 valence electrons. The molecule has 0 spiro atoms. The van der Waals surface area contributed by atoms with Gasteiger partial charge in [-0.3, -0.25) is 4.79 Å². The molecule has 0 aliphatic rings. The van der Waals surface area contributed by atoms with Crippen LogP contribution in [-0.2, 0) is 9.53 Å². The van der Waals surface area contributed by atoms with Crippen LogP contribution in [0.5, 0.6) is 0 Å². The number of hydrogen-bond acceptors (Lipinski definition) is 4. The molecular formula is C13H19BrN2O3. The molecule has 1 aromatic rings. The summed E-state index contributed by atoms with van der Waals surface area (Å²) in [6, 6.07) is 7.41. The van der Waals surface area contributed by atoms with Crippen LogP contribution in [0.25, 0.3) is 0 Å². The van der Waals surface area contributed by atoms with E-state index in [1.807, 2.05) is 24.3 Å². The Labute approximate surface area is 121 Å². The number of anilines is 1. The Morgan fingerprint density at radius 3 is 3.00 bits per heavy atom. The number of nitrogens with one attached hydrogen (secondary N) is 2. The molecule has 1 amide bonds. The van der Waals surface area contributed by atoms with E-state index in [2.05, 4.69) is 26.6 Å². The van der Waals surface area contributed by atoms with Crippen LogP contribution in [0.2, 0.25) is 0 Å². The van der Waals surface area contributed by atoms with Crippen molar-refractivity contribution in [1.29, 1.82) is 0 Å². The molecule has 1 aromatic carbocycles. The van der Waals surface area contributed by atoms with E-state index in [-0.39, 0.29) is 12.5 Å². The van der Waals surface area contributed by atoms with Crippen molar-refractivity contribution in [2.75, 3.05) is 32.1 Å². The Morgan fingerprint density at radius 2 is 2.32 bits per heavy atom. The molecule has 0 radical (unpaired) electrons. The Kier molecular flexibility index (Phi) is 7.66. The van der Waals surface area contributed by atoms with Gasteiger partial charge in [-0.15, -0.1) is 0 Å². The average Bonchev–Trinajstić information content (AvgIpc) is 2.35. The number of benzene rings is 1. The number of methoxy groups -OCH3 is 1. The lowest BCUT2D eigenvalue weighted by Crippen LogP contribution is -2.31. The molecule has 3 N–H and O–H groups in total. The Balaban J connectivity index is 2.18. The third kappa shape index (κ3) is 7.27. The van der Waals surface area contributed by atoms with E-state index in [9.17, 15) is 9.90 Å². The molecule has 0 bridgehead atoms. The first-order valence-electron chi connectivity index (χ1n) is 6.05. The van der Waals surface area contributed by atoms with Crippen LogP contribution in [0, 0.1) is 0 Å². The molecule has 6 heteroatoms. The highest BCUT2D eigenvalue weighted by Crippen LogP contribution is 2.15. The monoisotopic (exact) mass is 330 g/mol. The van der Waals surface area contributed by atoms with Crippen LogP contribution < -0.4 is 10.6 Å². The molecule has 19 heavy (non-hydrogen) atoms. The van der Waals surface area contributed by atoms with Crippen LogP contribution in [0.3, 0.4) is 0 Å². The predicted octanol–water partition coefficient (Wildman–Crippen LogP) is 1.37. The number of rotatable bonds is 8. The van der Waals surface area contributed by atoms with Gasteiger partial charge in [-0.1, -0.05) is 22.0 Å². The van der Waals surface area contributed by atoms with Crippen LogP contribution in [0.1, 0.15) is 6.42 Å². The van der Waals surface area contributed by atoms with Gasteiger partial charge in [0.15, 0.2) is 0 Å². The minimum atomic E-state index is -0.495. The first-order valence-corrected chi connectivity index (χ1v) is 6.84. The van der Waals surface area contributed by atoms with Crippen LogP contribution in [-0.4, -0.2) is 43.9 Å². The number of hydrogen-bond donors (Lipinski definition) is 3. The predicted molar refractivity (Wildman–Crippen MR) is 78.1 cm³/mol. The summed E-state index contributed by atoms with van der Waals surface area (Å²) in [7, 11) is 1.54. The Bertz CT molecular complexity index is 401. The fourth-order valence-electron chi connectivity index (χ4n) is 1.52. The second-order valence-electron chi connectivity index (χ2n) is 4.13. The lowest BCUT2D eigenvalue weighted by molar-refractivity contribution is -0.115. The molecule has 0 aromatic heterocycles. The number of carbonyl (C=O) groups excluding carboxylic acids is 1. The maximum absolute atomic E-state index is 11.6. The minimum Gasteiger partial charge on any atom is -0.391 e. The van der Waals surface area contributed by atoms with E-state index >= 15 is 0 Å². The summed E-state index contributed by atoms with van der Waals surface area (Å²) in [5.74, 6) is -0.112. The standard InChI is InChI=1S/C13H19BrN2O3/c1-19-9-12(17)5-6-15-8-13(18)16-11-4-2-3-10(14)7-11/h2-4,7,12,15,17H,5-6,8-9H2,1H3,(H,16,18). The van der Waals surface area contributed by atoms with Gasteiger partial charge in [0.1, 0.15) is 0 Å². The number of aliphatic hydroxyl groups is 1. The van der Waals surface area contributed by atoms with Crippen LogP contribution in [0.4, 0.5) is 5.69 Å². The first-order chi connectivity index (χ1) is 9.11. The molecule has 5 nitrogen and oxygen atoms in total. The topological polar surface area (TPSA) is 70.6 Å². The summed E-state index contributed by atoms with van der Waals surface area (Å²) < 4.78 is 5.73. The SMILES string of the molecule is COCC(O)CCNCC(=O)Nc1cccc(Br)c1. The van der Waals surface area contributed by atoms with Gasteiger partial charge >= 0.3 is 0 Å². The van der Waals surface area contributed by atoms with Gasteiger partial charge in [0.25, 0.3) is 0 Å². The van der Waals surface area contributed by atoms with Gasteiger partial charge in [-0.2, -0.15) is 0 Å². The second-order valence-corrected chi connectivity index (χ2v) is 5.05. The quantitative estimate of drug-likeness (QED) is 0.630. The summed E-state index contributed by atoms with van der Waals surface area (Å²) in [5.41, 5.74) is 0.751. The van der Waals surface area contributed by atoms with E-state index < -0.39 is 6.10 Å². The molecule has 0 aliphatic heterocycles. The van der Waals surface area contributed by atoms with Crippen molar-refractivity contribution in [1.82, 2.24) is 5.32 Å². The smallest absolute Gasteiger partial charge is 0.238 e. The molecule has 0 aliphatic carbocycles. The second kappa shape index (κ2) is 9.03. The average molecular weight is 331 g/mol. The van der Waals surface area contributed by atoms with Crippen molar-refractivity contribution in [2.45, 2.75) is 12.5 Å². The highest BCUT2D eigenvalue weighted by atomic mass is 79.9. The fourth-order valence-corrected chi connectivity index (χ4v) is 1.92. The van der Waals surface area contributed by atoms with Gasteiger partial charge in [0, 0.05) is 17.3 Å². The largest absolute Gasteiger partial charge is 0.391 e. The van der Waals surface area contributed by atoms with E-state index in [1.165, 1.54) is 0 Å². The third-order valence-electron chi connectivity index (χ3n) is 2.41. The molecule has 0 saturated carbocycles. The summed E-state index contributed by atoms with van der Waals surface area (Å²) in [4.78, 5) is 11.6. The van der Waals surface area contributed by atoms with Crippen molar-refractivity contribution in [3.05, 3.63) is 28.7 Å². The maximum atomic E-state index is 11.6. The Hall–Kier alpha value is -0.950.